The Morgan fingerprint density at radius 3 is 2.62 bits per heavy atom. The lowest BCUT2D eigenvalue weighted by atomic mass is 9.88. The molecule has 1 atom stereocenters. The van der Waals surface area contributed by atoms with E-state index in [1.54, 1.807) is 0 Å². The number of hydrogen-bond donors (Lipinski definition) is 2. The maximum absolute atomic E-state index is 12.3. The molecule has 8 nitrogen and oxygen atoms in total. The molecule has 2 N–H and O–H groups in total. The van der Waals surface area contributed by atoms with Crippen molar-refractivity contribution in [2.75, 3.05) is 31.5 Å². The van der Waals surface area contributed by atoms with Crippen molar-refractivity contribution in [3.8, 4) is 0 Å². The Kier molecular flexibility index (Phi) is 5.44. The third-order valence-corrected chi connectivity index (χ3v) is 4.96. The largest absolute Gasteiger partial charge is 0.341 e. The van der Waals surface area contributed by atoms with Crippen LogP contribution in [-0.4, -0.2) is 57.7 Å². The molecule has 0 spiro atoms. The van der Waals surface area contributed by atoms with Crippen molar-refractivity contribution < 1.29 is 9.59 Å². The van der Waals surface area contributed by atoms with Crippen LogP contribution in [0.25, 0.3) is 0 Å². The minimum atomic E-state index is -0.0723. The van der Waals surface area contributed by atoms with Crippen molar-refractivity contribution in [2.45, 2.75) is 39.2 Å². The molecule has 1 unspecified atom stereocenters. The Morgan fingerprint density at radius 2 is 2.00 bits per heavy atom. The molecule has 0 radical (unpaired) electrons. The maximum atomic E-state index is 12.3. The molecule has 2 amide bonds. The number of carbonyl (C=O) groups excluding carboxylic acids is 2. The Bertz CT molecular complexity index is 575. The smallest absolute Gasteiger partial charge is 0.248 e. The van der Waals surface area contributed by atoms with Crippen molar-refractivity contribution in [1.29, 1.82) is 0 Å². The van der Waals surface area contributed by atoms with E-state index in [-0.39, 0.29) is 30.2 Å². The summed E-state index contributed by atoms with van der Waals surface area (Å²) in [7, 11) is 0. The summed E-state index contributed by atoms with van der Waals surface area (Å²) < 4.78 is 1.50. The van der Waals surface area contributed by atoms with Gasteiger partial charge in [-0.25, -0.2) is 9.67 Å². The monoisotopic (exact) mass is 334 g/mol. The second kappa shape index (κ2) is 7.74. The number of aromatic nitrogens is 3. The molecule has 0 aromatic carbocycles. The normalized spacial score (nSPS) is 20.1. The van der Waals surface area contributed by atoms with Gasteiger partial charge in [0, 0.05) is 19.0 Å². The average molecular weight is 334 g/mol. The van der Waals surface area contributed by atoms with Gasteiger partial charge >= 0.3 is 0 Å². The van der Waals surface area contributed by atoms with Gasteiger partial charge in [-0.05, 0) is 31.8 Å². The summed E-state index contributed by atoms with van der Waals surface area (Å²) in [5.74, 6) is 0.558. The van der Waals surface area contributed by atoms with E-state index in [9.17, 15) is 9.59 Å². The standard InChI is InChI=1S/C16H26N6O2/c1-12(13-8-17-9-13)15(24)19-16-18-11-22(20-16)10-14(23)21-6-4-2-3-5-7-21/h11-13,17H,2-10H2,1H3,(H,19,20,24). The SMILES string of the molecule is CC(C(=O)Nc1ncn(CC(=O)N2CCCCCC2)n1)C1CNC1. The highest BCUT2D eigenvalue weighted by Crippen LogP contribution is 2.17. The number of nitrogens with zero attached hydrogens (tertiary/aromatic N) is 4. The molecule has 0 bridgehead atoms. The highest BCUT2D eigenvalue weighted by Gasteiger charge is 2.29. The molecule has 2 saturated heterocycles. The number of hydrogen-bond acceptors (Lipinski definition) is 5. The van der Waals surface area contributed by atoms with Crippen LogP contribution in [0.5, 0.6) is 0 Å². The molecule has 2 fully saturated rings. The molecule has 0 saturated carbocycles. The fourth-order valence-corrected chi connectivity index (χ4v) is 3.09. The van der Waals surface area contributed by atoms with Crippen LogP contribution in [0, 0.1) is 11.8 Å². The van der Waals surface area contributed by atoms with Gasteiger partial charge in [-0.1, -0.05) is 19.8 Å². The van der Waals surface area contributed by atoms with Gasteiger partial charge in [-0.15, -0.1) is 5.10 Å². The lowest BCUT2D eigenvalue weighted by Gasteiger charge is -2.31. The predicted molar refractivity (Wildman–Crippen MR) is 89.2 cm³/mol. The number of likely N-dealkylation sites (tertiary alicyclic amines) is 1. The predicted octanol–water partition coefficient (Wildman–Crippen LogP) is 0.475. The van der Waals surface area contributed by atoms with E-state index in [1.807, 2.05) is 11.8 Å². The second-order valence-corrected chi connectivity index (χ2v) is 6.76. The highest BCUT2D eigenvalue weighted by atomic mass is 16.2. The van der Waals surface area contributed by atoms with Gasteiger partial charge in [0.25, 0.3) is 0 Å². The lowest BCUT2D eigenvalue weighted by molar-refractivity contribution is -0.132. The zero-order valence-corrected chi connectivity index (χ0v) is 14.2. The Labute approximate surface area is 142 Å². The minimum absolute atomic E-state index is 0.0635. The van der Waals surface area contributed by atoms with E-state index < -0.39 is 0 Å². The van der Waals surface area contributed by atoms with E-state index >= 15 is 0 Å². The average Bonchev–Trinajstić information content (AvgIpc) is 2.77. The summed E-state index contributed by atoms with van der Waals surface area (Å²) in [6.07, 6.45) is 6.02. The molecule has 1 aromatic heterocycles. The first-order valence-electron chi connectivity index (χ1n) is 8.82. The topological polar surface area (TPSA) is 92.2 Å². The van der Waals surface area contributed by atoms with Crippen LogP contribution in [0.4, 0.5) is 5.95 Å². The van der Waals surface area contributed by atoms with Crippen LogP contribution in [0.3, 0.4) is 0 Å². The fourth-order valence-electron chi connectivity index (χ4n) is 3.09. The van der Waals surface area contributed by atoms with Crippen molar-refractivity contribution in [3.63, 3.8) is 0 Å². The second-order valence-electron chi connectivity index (χ2n) is 6.76. The zero-order chi connectivity index (χ0) is 16.9. The van der Waals surface area contributed by atoms with E-state index in [0.717, 1.165) is 39.0 Å². The summed E-state index contributed by atoms with van der Waals surface area (Å²) in [5.41, 5.74) is 0. The third-order valence-electron chi connectivity index (χ3n) is 4.96. The quantitative estimate of drug-likeness (QED) is 0.817. The van der Waals surface area contributed by atoms with Crippen LogP contribution in [0.2, 0.25) is 0 Å². The number of amides is 2. The van der Waals surface area contributed by atoms with Crippen molar-refractivity contribution in [3.05, 3.63) is 6.33 Å². The third kappa shape index (κ3) is 4.11. The first-order valence-corrected chi connectivity index (χ1v) is 8.82. The molecule has 2 aliphatic heterocycles. The summed E-state index contributed by atoms with van der Waals surface area (Å²) in [6.45, 7) is 5.49. The van der Waals surface area contributed by atoms with Gasteiger partial charge in [0.05, 0.1) is 0 Å². The summed E-state index contributed by atoms with van der Waals surface area (Å²) in [5, 5.41) is 10.1. The van der Waals surface area contributed by atoms with Crippen LogP contribution in [-0.2, 0) is 16.1 Å². The summed E-state index contributed by atoms with van der Waals surface area (Å²) in [4.78, 5) is 30.5. The van der Waals surface area contributed by atoms with E-state index in [0.29, 0.717) is 5.92 Å². The van der Waals surface area contributed by atoms with Crippen LogP contribution in [0.1, 0.15) is 32.6 Å². The van der Waals surface area contributed by atoms with Crippen molar-refractivity contribution in [2.24, 2.45) is 11.8 Å². The van der Waals surface area contributed by atoms with E-state index in [2.05, 4.69) is 20.7 Å². The number of carbonyl (C=O) groups is 2. The number of rotatable bonds is 5. The van der Waals surface area contributed by atoms with Crippen LogP contribution >= 0.6 is 0 Å². The molecule has 8 heteroatoms. The summed E-state index contributed by atoms with van der Waals surface area (Å²) >= 11 is 0. The maximum Gasteiger partial charge on any atom is 0.248 e. The van der Waals surface area contributed by atoms with Gasteiger partial charge in [0.2, 0.25) is 17.8 Å². The molecule has 1 aromatic rings. The molecular formula is C16H26N6O2. The van der Waals surface area contributed by atoms with Gasteiger partial charge in [0.1, 0.15) is 12.9 Å². The first-order chi connectivity index (χ1) is 11.6. The summed E-state index contributed by atoms with van der Waals surface area (Å²) in [6, 6.07) is 0. The molecule has 132 valence electrons. The van der Waals surface area contributed by atoms with E-state index in [4.69, 9.17) is 0 Å². The molecule has 2 aliphatic rings. The van der Waals surface area contributed by atoms with Gasteiger partial charge in [0.15, 0.2) is 0 Å². The Morgan fingerprint density at radius 1 is 1.29 bits per heavy atom. The van der Waals surface area contributed by atoms with Crippen LogP contribution in [0.15, 0.2) is 6.33 Å². The first kappa shape index (κ1) is 16.9. The molecule has 3 heterocycles. The molecule has 0 aliphatic carbocycles. The number of nitrogens with one attached hydrogen (secondary N) is 2. The zero-order valence-electron chi connectivity index (χ0n) is 14.2. The number of anilines is 1. The van der Waals surface area contributed by atoms with E-state index in [1.165, 1.54) is 23.9 Å². The Balaban J connectivity index is 1.51. The van der Waals surface area contributed by atoms with Gasteiger partial charge < -0.3 is 10.2 Å². The van der Waals surface area contributed by atoms with Crippen LogP contribution < -0.4 is 10.6 Å². The molecular weight excluding hydrogens is 308 g/mol. The van der Waals surface area contributed by atoms with Gasteiger partial charge in [-0.3, -0.25) is 14.9 Å². The minimum Gasteiger partial charge on any atom is -0.341 e. The van der Waals surface area contributed by atoms with Crippen molar-refractivity contribution in [1.82, 2.24) is 25.0 Å². The molecule has 3 rings (SSSR count). The van der Waals surface area contributed by atoms with Gasteiger partial charge in [-0.2, -0.15) is 0 Å². The fraction of sp³-hybridized carbons (Fsp3) is 0.750. The lowest BCUT2D eigenvalue weighted by Crippen LogP contribution is -2.48. The highest BCUT2D eigenvalue weighted by molar-refractivity contribution is 5.90. The van der Waals surface area contributed by atoms with Crippen molar-refractivity contribution >= 4 is 17.8 Å². The Hall–Kier alpha value is -1.96. The molecule has 24 heavy (non-hydrogen) atoms.